The second-order valence-electron chi connectivity index (χ2n) is 10.9. The topological polar surface area (TPSA) is 103 Å². The highest BCUT2D eigenvalue weighted by molar-refractivity contribution is 5.68. The molecule has 5 rings (SSSR count). The van der Waals surface area contributed by atoms with E-state index in [1.54, 1.807) is 6.07 Å². The van der Waals surface area contributed by atoms with E-state index in [1.165, 1.54) is 25.1 Å². The van der Waals surface area contributed by atoms with Crippen molar-refractivity contribution in [2.75, 3.05) is 13.2 Å². The highest BCUT2D eigenvalue weighted by Crippen LogP contribution is 2.34. The highest BCUT2D eigenvalue weighted by atomic mass is 19.4. The quantitative estimate of drug-likeness (QED) is 0.176. The molecule has 0 saturated carbocycles. The van der Waals surface area contributed by atoms with Crippen LogP contribution in [-0.4, -0.2) is 33.4 Å². The van der Waals surface area contributed by atoms with Crippen molar-refractivity contribution < 1.29 is 36.6 Å². The van der Waals surface area contributed by atoms with Gasteiger partial charge in [0.2, 0.25) is 0 Å². The molecule has 4 aromatic rings. The number of aromatic nitrogens is 2. The molecule has 242 valence electrons. The summed E-state index contributed by atoms with van der Waals surface area (Å²) in [5.41, 5.74) is -2.95. The first-order chi connectivity index (χ1) is 21.9. The molecule has 1 aliphatic heterocycles. The normalized spacial score (nSPS) is 14.6. The van der Waals surface area contributed by atoms with E-state index in [1.807, 2.05) is 18.2 Å². The standard InChI is InChI=1S/C33H30F5N3O5/c1-19-29(22-9-4-12-27(30(22)35)46-16-6-13-28(42)43)31(44)41(18-26-21-8-3-2-7-20(21)14-15-39-26)32(45)40(19)17-23-24(33(36,37)38)10-5-11-25(23)34/h2-5,7-12,26,39H,6,13-18H2,1H3,(H,42,43)/t26-/m0/s1. The number of halogens is 5. The Balaban J connectivity index is 1.68. The minimum Gasteiger partial charge on any atom is -0.490 e. The molecule has 1 aromatic heterocycles. The molecule has 2 heterocycles. The smallest absolute Gasteiger partial charge is 0.416 e. The molecule has 1 aliphatic rings. The summed E-state index contributed by atoms with van der Waals surface area (Å²) in [6.07, 6.45) is -4.39. The van der Waals surface area contributed by atoms with Crippen LogP contribution in [0.3, 0.4) is 0 Å². The van der Waals surface area contributed by atoms with Crippen molar-refractivity contribution in [2.45, 2.75) is 51.5 Å². The van der Waals surface area contributed by atoms with Crippen LogP contribution in [0.2, 0.25) is 0 Å². The number of carbonyl (C=O) groups is 1. The van der Waals surface area contributed by atoms with Gasteiger partial charge in [0.25, 0.3) is 5.56 Å². The molecular weight excluding hydrogens is 613 g/mol. The molecule has 8 nitrogen and oxygen atoms in total. The summed E-state index contributed by atoms with van der Waals surface area (Å²) >= 11 is 0. The fourth-order valence-electron chi connectivity index (χ4n) is 5.76. The van der Waals surface area contributed by atoms with E-state index in [-0.39, 0.29) is 48.6 Å². The van der Waals surface area contributed by atoms with Crippen molar-refractivity contribution in [3.63, 3.8) is 0 Å². The van der Waals surface area contributed by atoms with Gasteiger partial charge in [0.15, 0.2) is 11.6 Å². The van der Waals surface area contributed by atoms with E-state index < -0.39 is 58.7 Å². The van der Waals surface area contributed by atoms with E-state index >= 15 is 4.39 Å². The summed E-state index contributed by atoms with van der Waals surface area (Å²) in [4.78, 5) is 38.9. The van der Waals surface area contributed by atoms with Crippen LogP contribution in [-0.2, 0) is 30.5 Å². The summed E-state index contributed by atoms with van der Waals surface area (Å²) in [6.45, 7) is 0.545. The maximum Gasteiger partial charge on any atom is 0.416 e. The molecule has 0 spiro atoms. The van der Waals surface area contributed by atoms with E-state index in [2.05, 4.69) is 5.32 Å². The Morgan fingerprint density at radius 2 is 1.76 bits per heavy atom. The number of alkyl halides is 3. The monoisotopic (exact) mass is 643 g/mol. The van der Waals surface area contributed by atoms with Crippen molar-refractivity contribution in [1.29, 1.82) is 0 Å². The van der Waals surface area contributed by atoms with Gasteiger partial charge in [-0.05, 0) is 55.6 Å². The van der Waals surface area contributed by atoms with E-state index in [0.717, 1.165) is 32.4 Å². The molecule has 1 atom stereocenters. The highest BCUT2D eigenvalue weighted by Gasteiger charge is 2.35. The molecular formula is C33H30F5N3O5. The Hall–Kier alpha value is -4.78. The Bertz CT molecular complexity index is 1900. The van der Waals surface area contributed by atoms with Crippen molar-refractivity contribution in [3.8, 4) is 16.9 Å². The Morgan fingerprint density at radius 3 is 2.50 bits per heavy atom. The van der Waals surface area contributed by atoms with Crippen molar-refractivity contribution in [3.05, 3.63) is 121 Å². The minimum atomic E-state index is -4.94. The second-order valence-corrected chi connectivity index (χ2v) is 10.9. The van der Waals surface area contributed by atoms with Crippen LogP contribution in [0.25, 0.3) is 11.1 Å². The van der Waals surface area contributed by atoms with Crippen LogP contribution < -0.4 is 21.3 Å². The van der Waals surface area contributed by atoms with Crippen LogP contribution >= 0.6 is 0 Å². The maximum absolute atomic E-state index is 15.9. The largest absolute Gasteiger partial charge is 0.490 e. The molecule has 2 N–H and O–H groups in total. The van der Waals surface area contributed by atoms with Gasteiger partial charge in [-0.1, -0.05) is 42.5 Å². The van der Waals surface area contributed by atoms with Crippen molar-refractivity contribution >= 4 is 5.97 Å². The summed E-state index contributed by atoms with van der Waals surface area (Å²) in [5, 5.41) is 12.1. The molecule has 3 aromatic carbocycles. The third-order valence-electron chi connectivity index (χ3n) is 8.03. The molecule has 0 aliphatic carbocycles. The zero-order valence-corrected chi connectivity index (χ0v) is 24.7. The lowest BCUT2D eigenvalue weighted by Gasteiger charge is -2.28. The number of rotatable bonds is 10. The van der Waals surface area contributed by atoms with Gasteiger partial charge >= 0.3 is 17.8 Å². The minimum absolute atomic E-state index is 0.0791. The number of ether oxygens (including phenoxy) is 1. The lowest BCUT2D eigenvalue weighted by Crippen LogP contribution is -2.46. The van der Waals surface area contributed by atoms with Crippen LogP contribution in [0, 0.1) is 18.6 Å². The van der Waals surface area contributed by atoms with Crippen LogP contribution in [0.15, 0.2) is 70.3 Å². The third-order valence-corrected chi connectivity index (χ3v) is 8.03. The van der Waals surface area contributed by atoms with Crippen LogP contribution in [0.5, 0.6) is 5.75 Å². The molecule has 0 unspecified atom stereocenters. The fraction of sp³-hybridized carbons (Fsp3) is 0.303. The maximum atomic E-state index is 15.9. The first kappa shape index (κ1) is 32.6. The lowest BCUT2D eigenvalue weighted by molar-refractivity contribution is -0.139. The number of carboxylic acids is 1. The molecule has 46 heavy (non-hydrogen) atoms. The summed E-state index contributed by atoms with van der Waals surface area (Å²) in [5.74, 6) is -3.54. The number of nitrogens with one attached hydrogen (secondary N) is 1. The first-order valence-electron chi connectivity index (χ1n) is 14.5. The SMILES string of the molecule is Cc1c(-c2cccc(OCCCC(=O)O)c2F)c(=O)n(C[C@@H]2NCCc3ccccc32)c(=O)n1Cc1c(F)cccc1C(F)(F)F. The number of fused-ring (bicyclic) bond motifs is 1. The van der Waals surface area contributed by atoms with Gasteiger partial charge < -0.3 is 15.2 Å². The van der Waals surface area contributed by atoms with E-state index in [0.29, 0.717) is 19.0 Å². The average molecular weight is 644 g/mol. The molecule has 0 amide bonds. The van der Waals surface area contributed by atoms with Gasteiger partial charge in [-0.3, -0.25) is 18.7 Å². The number of aliphatic carboxylic acids is 1. The van der Waals surface area contributed by atoms with Crippen LogP contribution in [0.1, 0.15) is 46.8 Å². The first-order valence-corrected chi connectivity index (χ1v) is 14.5. The fourth-order valence-corrected chi connectivity index (χ4v) is 5.76. The van der Waals surface area contributed by atoms with Gasteiger partial charge in [0, 0.05) is 23.2 Å². The predicted molar refractivity (Wildman–Crippen MR) is 159 cm³/mol. The second kappa shape index (κ2) is 13.3. The molecule has 0 bridgehead atoms. The molecule has 0 saturated heterocycles. The number of hydrogen-bond donors (Lipinski definition) is 2. The number of hydrogen-bond acceptors (Lipinski definition) is 5. The Kier molecular flexibility index (Phi) is 9.42. The summed E-state index contributed by atoms with van der Waals surface area (Å²) in [6, 6.07) is 13.3. The van der Waals surface area contributed by atoms with Gasteiger partial charge in [-0.15, -0.1) is 0 Å². The predicted octanol–water partition coefficient (Wildman–Crippen LogP) is 5.46. The van der Waals surface area contributed by atoms with Crippen molar-refractivity contribution in [1.82, 2.24) is 14.5 Å². The summed E-state index contributed by atoms with van der Waals surface area (Å²) < 4.78 is 79.8. The number of benzene rings is 3. The molecule has 0 fully saturated rings. The Morgan fingerprint density at radius 1 is 1.02 bits per heavy atom. The van der Waals surface area contributed by atoms with Gasteiger partial charge in [-0.2, -0.15) is 13.2 Å². The van der Waals surface area contributed by atoms with Gasteiger partial charge in [0.05, 0.1) is 36.9 Å². The van der Waals surface area contributed by atoms with E-state index in [4.69, 9.17) is 9.84 Å². The van der Waals surface area contributed by atoms with Gasteiger partial charge in [0.1, 0.15) is 5.82 Å². The Labute approximate surface area is 259 Å². The third kappa shape index (κ3) is 6.59. The molecule has 13 heteroatoms. The van der Waals surface area contributed by atoms with Crippen LogP contribution in [0.4, 0.5) is 22.0 Å². The average Bonchev–Trinajstić information content (AvgIpc) is 3.01. The summed E-state index contributed by atoms with van der Waals surface area (Å²) in [7, 11) is 0. The van der Waals surface area contributed by atoms with E-state index in [9.17, 15) is 31.9 Å². The lowest BCUT2D eigenvalue weighted by atomic mass is 9.94. The van der Waals surface area contributed by atoms with Gasteiger partial charge in [-0.25, -0.2) is 13.6 Å². The van der Waals surface area contributed by atoms with Crippen molar-refractivity contribution in [2.24, 2.45) is 0 Å². The number of carboxylic acid groups (broad SMARTS) is 1. The number of nitrogens with zero attached hydrogens (tertiary/aromatic N) is 2. The zero-order chi connectivity index (χ0) is 33.2. The zero-order valence-electron chi connectivity index (χ0n) is 24.7. The molecule has 0 radical (unpaired) electrons.